The number of carbonyl (C=O) groups is 2. The zero-order valence-corrected chi connectivity index (χ0v) is 14.1. The van der Waals surface area contributed by atoms with Gasteiger partial charge in [-0.3, -0.25) is 14.6 Å². The second-order valence-electron chi connectivity index (χ2n) is 6.21. The predicted molar refractivity (Wildman–Crippen MR) is 94.6 cm³/mol. The van der Waals surface area contributed by atoms with E-state index in [2.05, 4.69) is 6.92 Å². The molecule has 1 fully saturated rings. The molecule has 0 radical (unpaired) electrons. The molecule has 1 aliphatic heterocycles. The molecule has 4 nitrogen and oxygen atoms in total. The van der Waals surface area contributed by atoms with Crippen LogP contribution in [0.15, 0.2) is 54.6 Å². The smallest absolute Gasteiger partial charge is 0.272 e. The quantitative estimate of drug-likeness (QED) is 0.800. The van der Waals surface area contributed by atoms with E-state index in [0.717, 1.165) is 24.1 Å². The number of imide groups is 1. The Bertz CT molecular complexity index is 742. The van der Waals surface area contributed by atoms with Gasteiger partial charge in [-0.2, -0.15) is 5.01 Å². The van der Waals surface area contributed by atoms with Crippen LogP contribution < -0.4 is 5.01 Å². The summed E-state index contributed by atoms with van der Waals surface area (Å²) in [6, 6.07) is 17.1. The average molecular weight is 322 g/mol. The van der Waals surface area contributed by atoms with Gasteiger partial charge in [-0.05, 0) is 37.6 Å². The summed E-state index contributed by atoms with van der Waals surface area (Å²) in [7, 11) is 0. The molecule has 1 heterocycles. The van der Waals surface area contributed by atoms with E-state index in [0.29, 0.717) is 12.0 Å². The van der Waals surface area contributed by atoms with E-state index < -0.39 is 0 Å². The summed E-state index contributed by atoms with van der Waals surface area (Å²) >= 11 is 0. The fraction of sp³-hybridized carbons (Fsp3) is 0.300. The first-order chi connectivity index (χ1) is 11.6. The SMILES string of the molecule is CCCC1CC(=O)N(C(=O)c2cccc(C)c2)N1c1ccccc1. The lowest BCUT2D eigenvalue weighted by Gasteiger charge is -2.32. The van der Waals surface area contributed by atoms with Crippen LogP contribution in [-0.2, 0) is 4.79 Å². The van der Waals surface area contributed by atoms with E-state index >= 15 is 0 Å². The number of benzene rings is 2. The number of carbonyl (C=O) groups excluding carboxylic acids is 2. The van der Waals surface area contributed by atoms with Crippen molar-refractivity contribution in [3.05, 3.63) is 65.7 Å². The number of rotatable bonds is 4. The standard InChI is InChI=1S/C20H22N2O2/c1-3-8-18-14-19(23)22(21(18)17-11-5-4-6-12-17)20(24)16-10-7-9-15(2)13-16/h4-7,9-13,18H,3,8,14H2,1-2H3. The van der Waals surface area contributed by atoms with E-state index in [-0.39, 0.29) is 17.9 Å². The molecule has 1 atom stereocenters. The molecule has 4 heteroatoms. The Morgan fingerprint density at radius 1 is 1.12 bits per heavy atom. The second-order valence-corrected chi connectivity index (χ2v) is 6.21. The van der Waals surface area contributed by atoms with Gasteiger partial charge in [0.25, 0.3) is 11.8 Å². The van der Waals surface area contributed by atoms with Gasteiger partial charge in [-0.15, -0.1) is 0 Å². The molecule has 0 bridgehead atoms. The van der Waals surface area contributed by atoms with E-state index in [4.69, 9.17) is 0 Å². The summed E-state index contributed by atoms with van der Waals surface area (Å²) in [5.74, 6) is -0.394. The van der Waals surface area contributed by atoms with Crippen LogP contribution in [0.5, 0.6) is 0 Å². The van der Waals surface area contributed by atoms with Crippen LogP contribution in [0.2, 0.25) is 0 Å². The summed E-state index contributed by atoms with van der Waals surface area (Å²) in [5.41, 5.74) is 2.42. The molecular weight excluding hydrogens is 300 g/mol. The number of hydrogen-bond donors (Lipinski definition) is 0. The van der Waals surface area contributed by atoms with Gasteiger partial charge in [0.1, 0.15) is 0 Å². The number of hydrogen-bond acceptors (Lipinski definition) is 3. The molecular formula is C20H22N2O2. The van der Waals surface area contributed by atoms with Crippen molar-refractivity contribution in [3.63, 3.8) is 0 Å². The molecule has 2 amide bonds. The lowest BCUT2D eigenvalue weighted by molar-refractivity contribution is -0.125. The molecule has 3 rings (SSSR count). The number of hydrazine groups is 1. The Labute approximate surface area is 142 Å². The van der Waals surface area contributed by atoms with Gasteiger partial charge in [-0.1, -0.05) is 49.2 Å². The van der Waals surface area contributed by atoms with Gasteiger partial charge in [-0.25, -0.2) is 0 Å². The van der Waals surface area contributed by atoms with Crippen LogP contribution in [0.25, 0.3) is 0 Å². The van der Waals surface area contributed by atoms with Crippen molar-refractivity contribution in [2.75, 3.05) is 5.01 Å². The monoisotopic (exact) mass is 322 g/mol. The average Bonchev–Trinajstić information content (AvgIpc) is 2.91. The zero-order valence-electron chi connectivity index (χ0n) is 14.1. The summed E-state index contributed by atoms with van der Waals surface area (Å²) in [5, 5.41) is 3.20. The molecule has 24 heavy (non-hydrogen) atoms. The molecule has 0 aliphatic carbocycles. The van der Waals surface area contributed by atoms with Crippen molar-refractivity contribution in [3.8, 4) is 0 Å². The van der Waals surface area contributed by atoms with Crippen molar-refractivity contribution in [1.29, 1.82) is 0 Å². The summed E-state index contributed by atoms with van der Waals surface area (Å²) in [6.07, 6.45) is 2.21. The first-order valence-electron chi connectivity index (χ1n) is 8.40. The number of amides is 2. The highest BCUT2D eigenvalue weighted by atomic mass is 16.2. The maximum atomic E-state index is 13.0. The molecule has 124 valence electrons. The van der Waals surface area contributed by atoms with E-state index in [9.17, 15) is 9.59 Å². The predicted octanol–water partition coefficient (Wildman–Crippen LogP) is 3.96. The minimum atomic E-state index is -0.258. The Hall–Kier alpha value is -2.62. The van der Waals surface area contributed by atoms with Crippen LogP contribution >= 0.6 is 0 Å². The van der Waals surface area contributed by atoms with Crippen molar-refractivity contribution in [2.45, 2.75) is 39.2 Å². The summed E-state index contributed by atoms with van der Waals surface area (Å²) in [6.45, 7) is 4.04. The van der Waals surface area contributed by atoms with Crippen molar-refractivity contribution in [1.82, 2.24) is 5.01 Å². The number of anilines is 1. The van der Waals surface area contributed by atoms with Crippen LogP contribution in [0.3, 0.4) is 0 Å². The minimum Gasteiger partial charge on any atom is -0.272 e. The molecule has 0 aromatic heterocycles. The zero-order chi connectivity index (χ0) is 17.1. The van der Waals surface area contributed by atoms with Crippen LogP contribution in [0.1, 0.15) is 42.1 Å². The van der Waals surface area contributed by atoms with Crippen LogP contribution in [-0.4, -0.2) is 22.9 Å². The molecule has 1 aliphatic rings. The van der Waals surface area contributed by atoms with E-state index in [1.165, 1.54) is 5.01 Å². The summed E-state index contributed by atoms with van der Waals surface area (Å²) < 4.78 is 0. The fourth-order valence-electron chi connectivity index (χ4n) is 3.23. The maximum absolute atomic E-state index is 13.0. The third-order valence-corrected chi connectivity index (χ3v) is 4.31. The van der Waals surface area contributed by atoms with Crippen LogP contribution in [0.4, 0.5) is 5.69 Å². The van der Waals surface area contributed by atoms with E-state index in [1.807, 2.05) is 60.5 Å². The van der Waals surface area contributed by atoms with Gasteiger partial charge >= 0.3 is 0 Å². The molecule has 0 spiro atoms. The van der Waals surface area contributed by atoms with Crippen LogP contribution in [0, 0.1) is 6.92 Å². The number of aryl methyl sites for hydroxylation is 1. The highest BCUT2D eigenvalue weighted by molar-refractivity contribution is 6.07. The Morgan fingerprint density at radius 3 is 2.54 bits per heavy atom. The lowest BCUT2D eigenvalue weighted by atomic mass is 10.1. The third-order valence-electron chi connectivity index (χ3n) is 4.31. The topological polar surface area (TPSA) is 40.6 Å². The van der Waals surface area contributed by atoms with Gasteiger partial charge in [0.15, 0.2) is 0 Å². The Morgan fingerprint density at radius 2 is 1.88 bits per heavy atom. The number of nitrogens with zero attached hydrogens (tertiary/aromatic N) is 2. The lowest BCUT2D eigenvalue weighted by Crippen LogP contribution is -2.46. The number of para-hydroxylation sites is 1. The first-order valence-corrected chi connectivity index (χ1v) is 8.40. The fourth-order valence-corrected chi connectivity index (χ4v) is 3.23. The molecule has 2 aromatic carbocycles. The second kappa shape index (κ2) is 6.87. The molecule has 1 saturated heterocycles. The Kier molecular flexibility index (Phi) is 4.65. The van der Waals surface area contributed by atoms with Gasteiger partial charge in [0.2, 0.25) is 0 Å². The van der Waals surface area contributed by atoms with Crippen molar-refractivity contribution >= 4 is 17.5 Å². The summed E-state index contributed by atoms with van der Waals surface area (Å²) in [4.78, 5) is 25.6. The normalized spacial score (nSPS) is 17.4. The Balaban J connectivity index is 2.00. The van der Waals surface area contributed by atoms with Gasteiger partial charge < -0.3 is 0 Å². The maximum Gasteiger partial charge on any atom is 0.279 e. The molecule has 2 aromatic rings. The highest BCUT2D eigenvalue weighted by Crippen LogP contribution is 2.31. The van der Waals surface area contributed by atoms with E-state index in [1.54, 1.807) is 6.07 Å². The van der Waals surface area contributed by atoms with Gasteiger partial charge in [0.05, 0.1) is 18.2 Å². The van der Waals surface area contributed by atoms with Crippen molar-refractivity contribution < 1.29 is 9.59 Å². The van der Waals surface area contributed by atoms with Gasteiger partial charge in [0, 0.05) is 5.56 Å². The first kappa shape index (κ1) is 16.2. The third kappa shape index (κ3) is 3.04. The largest absolute Gasteiger partial charge is 0.279 e. The molecule has 1 unspecified atom stereocenters. The molecule has 0 saturated carbocycles. The molecule has 0 N–H and O–H groups in total. The minimum absolute atomic E-state index is 0.0265. The van der Waals surface area contributed by atoms with Crippen molar-refractivity contribution in [2.24, 2.45) is 0 Å². The highest BCUT2D eigenvalue weighted by Gasteiger charge is 2.41.